The Morgan fingerprint density at radius 3 is 2.94 bits per heavy atom. The van der Waals surface area contributed by atoms with Crippen LogP contribution in [-0.4, -0.2) is 19.7 Å². The Hall–Kier alpha value is -1.51. The Morgan fingerprint density at radius 1 is 1.44 bits per heavy atom. The van der Waals surface area contributed by atoms with Crippen molar-refractivity contribution in [3.63, 3.8) is 0 Å². The maximum absolute atomic E-state index is 11.9. The lowest BCUT2D eigenvalue weighted by Crippen LogP contribution is -2.38. The number of hydrogen-bond acceptors (Lipinski definition) is 3. The molecule has 3 nitrogen and oxygen atoms in total. The number of benzene rings is 1. The van der Waals surface area contributed by atoms with E-state index < -0.39 is 5.41 Å². The summed E-state index contributed by atoms with van der Waals surface area (Å²) in [5, 5.41) is 0. The molecule has 1 aliphatic heterocycles. The fourth-order valence-corrected chi connectivity index (χ4v) is 2.08. The molecule has 0 aliphatic carbocycles. The maximum atomic E-state index is 11.9. The number of methoxy groups -OCH3 is 1. The molecular formula is C13H16O3. The molecule has 0 amide bonds. The summed E-state index contributed by atoms with van der Waals surface area (Å²) in [6, 6.07) is 7.64. The molecule has 1 aromatic carbocycles. The molecule has 0 radical (unpaired) electrons. The van der Waals surface area contributed by atoms with Gasteiger partial charge < -0.3 is 9.47 Å². The summed E-state index contributed by atoms with van der Waals surface area (Å²) >= 11 is 0. The quantitative estimate of drug-likeness (QED) is 0.717. The minimum Gasteiger partial charge on any atom is -0.497 e. The molecule has 0 spiro atoms. The van der Waals surface area contributed by atoms with E-state index >= 15 is 0 Å². The molecule has 1 aliphatic rings. The van der Waals surface area contributed by atoms with Crippen molar-refractivity contribution in [3.8, 4) is 5.75 Å². The molecular weight excluding hydrogens is 204 g/mol. The third-order valence-electron chi connectivity index (χ3n) is 3.21. The van der Waals surface area contributed by atoms with Gasteiger partial charge in [-0.15, -0.1) is 0 Å². The molecule has 0 aromatic heterocycles. The third-order valence-corrected chi connectivity index (χ3v) is 3.21. The van der Waals surface area contributed by atoms with Crippen LogP contribution in [0.2, 0.25) is 0 Å². The van der Waals surface area contributed by atoms with E-state index in [-0.39, 0.29) is 5.97 Å². The fourth-order valence-electron chi connectivity index (χ4n) is 2.08. The molecule has 1 atom stereocenters. The zero-order chi connectivity index (χ0) is 11.6. The average Bonchev–Trinajstić information content (AvgIpc) is 2.33. The second-order valence-electron chi connectivity index (χ2n) is 4.30. The number of carbonyl (C=O) groups excluding carboxylic acids is 1. The largest absolute Gasteiger partial charge is 0.497 e. The predicted molar refractivity (Wildman–Crippen MR) is 60.5 cm³/mol. The molecule has 16 heavy (non-hydrogen) atoms. The lowest BCUT2D eigenvalue weighted by molar-refractivity contribution is -0.154. The van der Waals surface area contributed by atoms with E-state index in [9.17, 15) is 4.79 Å². The van der Waals surface area contributed by atoms with E-state index in [0.717, 1.165) is 24.2 Å². The first kappa shape index (κ1) is 11.0. The van der Waals surface area contributed by atoms with E-state index in [4.69, 9.17) is 9.47 Å². The van der Waals surface area contributed by atoms with Crippen LogP contribution in [0.1, 0.15) is 25.3 Å². The van der Waals surface area contributed by atoms with Crippen molar-refractivity contribution in [2.45, 2.75) is 25.2 Å². The molecule has 86 valence electrons. The monoisotopic (exact) mass is 220 g/mol. The Labute approximate surface area is 95.4 Å². The van der Waals surface area contributed by atoms with Crippen molar-refractivity contribution < 1.29 is 14.3 Å². The molecule has 0 N–H and O–H groups in total. The van der Waals surface area contributed by atoms with E-state index in [1.807, 2.05) is 31.2 Å². The molecule has 1 saturated heterocycles. The van der Waals surface area contributed by atoms with Crippen molar-refractivity contribution >= 4 is 5.97 Å². The van der Waals surface area contributed by atoms with Gasteiger partial charge in [-0.05, 0) is 37.5 Å². The van der Waals surface area contributed by atoms with Gasteiger partial charge >= 0.3 is 5.97 Å². The minimum atomic E-state index is -0.521. The highest BCUT2D eigenvalue weighted by atomic mass is 16.5. The van der Waals surface area contributed by atoms with Gasteiger partial charge in [-0.2, -0.15) is 0 Å². The van der Waals surface area contributed by atoms with Crippen LogP contribution in [0.25, 0.3) is 0 Å². The normalized spacial score (nSPS) is 25.0. The van der Waals surface area contributed by atoms with E-state index in [2.05, 4.69) is 0 Å². The number of hydrogen-bond donors (Lipinski definition) is 0. The van der Waals surface area contributed by atoms with Crippen LogP contribution in [0, 0.1) is 0 Å². The first-order valence-corrected chi connectivity index (χ1v) is 5.48. The Bertz CT molecular complexity index is 400. The Morgan fingerprint density at radius 2 is 2.25 bits per heavy atom. The summed E-state index contributed by atoms with van der Waals surface area (Å²) in [4.78, 5) is 11.9. The van der Waals surface area contributed by atoms with Gasteiger partial charge in [-0.1, -0.05) is 12.1 Å². The van der Waals surface area contributed by atoms with Gasteiger partial charge in [-0.25, -0.2) is 0 Å². The van der Waals surface area contributed by atoms with Crippen LogP contribution in [-0.2, 0) is 14.9 Å². The van der Waals surface area contributed by atoms with E-state index in [1.54, 1.807) is 7.11 Å². The highest BCUT2D eigenvalue weighted by Crippen LogP contribution is 2.34. The second-order valence-corrected chi connectivity index (χ2v) is 4.30. The van der Waals surface area contributed by atoms with Crippen molar-refractivity contribution in [1.82, 2.24) is 0 Å². The Balaban J connectivity index is 2.37. The summed E-state index contributed by atoms with van der Waals surface area (Å²) < 4.78 is 10.3. The fraction of sp³-hybridized carbons (Fsp3) is 0.462. The molecule has 1 fully saturated rings. The molecule has 1 aromatic rings. The number of ether oxygens (including phenoxy) is 2. The van der Waals surface area contributed by atoms with E-state index in [1.165, 1.54) is 0 Å². The predicted octanol–water partition coefficient (Wildman–Crippen LogP) is 2.29. The van der Waals surface area contributed by atoms with Gasteiger partial charge in [0.25, 0.3) is 0 Å². The smallest absolute Gasteiger partial charge is 0.316 e. The highest BCUT2D eigenvalue weighted by molar-refractivity contribution is 5.83. The van der Waals surface area contributed by atoms with E-state index in [0.29, 0.717) is 6.61 Å². The Kier molecular flexibility index (Phi) is 2.86. The van der Waals surface area contributed by atoms with Crippen molar-refractivity contribution in [3.05, 3.63) is 29.8 Å². The number of cyclic esters (lactones) is 1. The van der Waals surface area contributed by atoms with Gasteiger partial charge in [-0.3, -0.25) is 4.79 Å². The standard InChI is InChI=1S/C13H16O3/c1-13(7-4-8-16-12(13)14)10-5-3-6-11(9-10)15-2/h3,5-6,9H,4,7-8H2,1-2H3/t13-/m1/s1. The van der Waals surface area contributed by atoms with Crippen LogP contribution in [0.15, 0.2) is 24.3 Å². The zero-order valence-corrected chi connectivity index (χ0v) is 9.66. The average molecular weight is 220 g/mol. The SMILES string of the molecule is COc1cccc([C@@]2(C)CCCOC2=O)c1. The molecule has 2 rings (SSSR count). The van der Waals surface area contributed by atoms with Crippen LogP contribution in [0.5, 0.6) is 5.75 Å². The van der Waals surface area contributed by atoms with Crippen LogP contribution in [0.4, 0.5) is 0 Å². The molecule has 0 saturated carbocycles. The van der Waals surface area contributed by atoms with Crippen LogP contribution in [0.3, 0.4) is 0 Å². The lowest BCUT2D eigenvalue weighted by atomic mass is 9.77. The first-order chi connectivity index (χ1) is 7.66. The van der Waals surface area contributed by atoms with Crippen molar-refractivity contribution in [1.29, 1.82) is 0 Å². The van der Waals surface area contributed by atoms with Crippen LogP contribution < -0.4 is 4.74 Å². The van der Waals surface area contributed by atoms with Crippen LogP contribution >= 0.6 is 0 Å². The van der Waals surface area contributed by atoms with Gasteiger partial charge in [0, 0.05) is 0 Å². The summed E-state index contributed by atoms with van der Waals surface area (Å²) in [6.45, 7) is 2.47. The van der Waals surface area contributed by atoms with Gasteiger partial charge in [0.1, 0.15) is 5.75 Å². The van der Waals surface area contributed by atoms with Gasteiger partial charge in [0.2, 0.25) is 0 Å². The first-order valence-electron chi connectivity index (χ1n) is 5.48. The second kappa shape index (κ2) is 4.16. The maximum Gasteiger partial charge on any atom is 0.316 e. The number of carbonyl (C=O) groups is 1. The van der Waals surface area contributed by atoms with Gasteiger partial charge in [0.05, 0.1) is 19.1 Å². The minimum absolute atomic E-state index is 0.132. The third kappa shape index (κ3) is 1.77. The molecule has 3 heteroatoms. The van der Waals surface area contributed by atoms with Crippen molar-refractivity contribution in [2.24, 2.45) is 0 Å². The number of rotatable bonds is 2. The topological polar surface area (TPSA) is 35.5 Å². The molecule has 1 heterocycles. The summed E-state index contributed by atoms with van der Waals surface area (Å²) in [5.74, 6) is 0.643. The summed E-state index contributed by atoms with van der Waals surface area (Å²) in [5.41, 5.74) is 0.448. The zero-order valence-electron chi connectivity index (χ0n) is 9.66. The number of esters is 1. The summed E-state index contributed by atoms with van der Waals surface area (Å²) in [6.07, 6.45) is 1.75. The van der Waals surface area contributed by atoms with Crippen molar-refractivity contribution in [2.75, 3.05) is 13.7 Å². The lowest BCUT2D eigenvalue weighted by Gasteiger charge is -2.31. The molecule has 0 unspecified atom stereocenters. The highest BCUT2D eigenvalue weighted by Gasteiger charge is 2.39. The summed E-state index contributed by atoms with van der Waals surface area (Å²) in [7, 11) is 1.63. The molecule has 0 bridgehead atoms. The van der Waals surface area contributed by atoms with Gasteiger partial charge in [0.15, 0.2) is 0 Å².